The molecule has 2 amide bonds. The summed E-state index contributed by atoms with van der Waals surface area (Å²) < 4.78 is 25.2. The first-order valence-corrected chi connectivity index (χ1v) is 14.4. The summed E-state index contributed by atoms with van der Waals surface area (Å²) in [5.41, 5.74) is 1.33. The first kappa shape index (κ1) is 24.2. The Hall–Kier alpha value is -2.89. The zero-order valence-electron chi connectivity index (χ0n) is 20.3. The maximum absolute atomic E-state index is 13.8. The van der Waals surface area contributed by atoms with Gasteiger partial charge in [0.05, 0.1) is 36.8 Å². The minimum absolute atomic E-state index is 0.0102. The first-order valence-electron chi connectivity index (χ1n) is 12.3. The van der Waals surface area contributed by atoms with E-state index in [4.69, 9.17) is 21.7 Å². The molecule has 2 bridgehead atoms. The highest BCUT2D eigenvalue weighted by Crippen LogP contribution is 2.69. The summed E-state index contributed by atoms with van der Waals surface area (Å²) in [7, 11) is 3.00. The molecule has 2 aliphatic heterocycles. The Morgan fingerprint density at radius 2 is 1.68 bits per heavy atom. The molecule has 2 aromatic carbocycles. The fourth-order valence-electron chi connectivity index (χ4n) is 7.33. The van der Waals surface area contributed by atoms with Crippen LogP contribution in [0.3, 0.4) is 0 Å². The van der Waals surface area contributed by atoms with Crippen molar-refractivity contribution in [2.24, 2.45) is 29.6 Å². The highest BCUT2D eigenvalue weighted by atomic mass is 32.2. The third-order valence-electron chi connectivity index (χ3n) is 8.67. The lowest BCUT2D eigenvalue weighted by Gasteiger charge is -2.43. The van der Waals surface area contributed by atoms with E-state index in [0.29, 0.717) is 21.1 Å². The summed E-state index contributed by atoms with van der Waals surface area (Å²) in [4.78, 5) is 33.2. The third-order valence-corrected chi connectivity index (χ3v) is 11.6. The molecule has 1 saturated heterocycles. The Balaban J connectivity index is 1.34. The van der Waals surface area contributed by atoms with E-state index in [9.17, 15) is 19.1 Å². The molecular weight excluding hydrogens is 548 g/mol. The smallest absolute Gasteiger partial charge is 0.238 e. The van der Waals surface area contributed by atoms with E-state index in [1.807, 2.05) is 12.1 Å². The molecule has 7 atom stereocenters. The van der Waals surface area contributed by atoms with Crippen LogP contribution in [0.2, 0.25) is 0 Å². The molecular formula is C27H23FN2O5S3. The van der Waals surface area contributed by atoms with Gasteiger partial charge in [-0.15, -0.1) is 23.1 Å². The van der Waals surface area contributed by atoms with Crippen molar-refractivity contribution in [3.63, 3.8) is 0 Å². The van der Waals surface area contributed by atoms with E-state index in [2.05, 4.69) is 4.98 Å². The number of ether oxygens (including phenoxy) is 2. The van der Waals surface area contributed by atoms with Crippen LogP contribution in [0.5, 0.6) is 17.2 Å². The predicted molar refractivity (Wildman–Crippen MR) is 143 cm³/mol. The summed E-state index contributed by atoms with van der Waals surface area (Å²) >= 11 is 8.77. The second-order valence-corrected chi connectivity index (χ2v) is 13.1. The summed E-state index contributed by atoms with van der Waals surface area (Å²) in [6, 6.07) is 9.19. The van der Waals surface area contributed by atoms with E-state index in [1.165, 1.54) is 54.7 Å². The molecule has 0 radical (unpaired) electrons. The molecule has 3 fully saturated rings. The third kappa shape index (κ3) is 3.21. The number of carbonyl (C=O) groups excluding carboxylic acids is 2. The standard InChI is InChI=1S/C27H23FN2O5S3/c1-34-15-7-10(8-16(35-2)21(15)31)17-18-13-9-14(22(18)37-24-23(17)38-27(36)29-24)20-19(13)25(32)30(26(20)33)12-5-3-11(28)4-6-12/h3-8,13-14,17-20,22,31H,9H2,1-2H3,(H,29,36). The number of nitrogens with one attached hydrogen (secondary N) is 1. The SMILES string of the molecule is COc1cc(C2c3sc(=S)[nH]c3SC3C4CC(C5C(=O)N(c6ccc(F)cc6)C(=O)C45)C23)cc(OC)c1O. The molecule has 4 aliphatic rings. The number of thiazole rings is 1. The number of amides is 2. The lowest BCUT2D eigenvalue weighted by molar-refractivity contribution is -0.123. The molecule has 1 aromatic heterocycles. The van der Waals surface area contributed by atoms with Crippen LogP contribution in [0.1, 0.15) is 22.8 Å². The van der Waals surface area contributed by atoms with Crippen LogP contribution in [0.25, 0.3) is 0 Å². The molecule has 11 heteroatoms. The Bertz CT molecular complexity index is 1530. The van der Waals surface area contributed by atoms with Gasteiger partial charge >= 0.3 is 0 Å². The molecule has 3 aromatic rings. The van der Waals surface area contributed by atoms with Crippen molar-refractivity contribution in [3.05, 3.63) is 56.6 Å². The normalized spacial score (nSPS) is 30.8. The molecule has 2 aliphatic carbocycles. The number of rotatable bonds is 4. The minimum Gasteiger partial charge on any atom is -0.502 e. The van der Waals surface area contributed by atoms with Crippen LogP contribution in [-0.2, 0) is 9.59 Å². The van der Waals surface area contributed by atoms with Crippen molar-refractivity contribution in [1.82, 2.24) is 4.98 Å². The summed E-state index contributed by atoms with van der Waals surface area (Å²) in [6.45, 7) is 0. The Labute approximate surface area is 231 Å². The zero-order chi connectivity index (χ0) is 26.5. The number of hydrogen-bond acceptors (Lipinski definition) is 8. The van der Waals surface area contributed by atoms with Gasteiger partial charge in [-0.3, -0.25) is 14.5 Å². The van der Waals surface area contributed by atoms with Crippen LogP contribution in [0.4, 0.5) is 10.1 Å². The monoisotopic (exact) mass is 570 g/mol. The maximum Gasteiger partial charge on any atom is 0.238 e. The van der Waals surface area contributed by atoms with Crippen LogP contribution in [-0.4, -0.2) is 41.4 Å². The number of fused-ring (bicyclic) bond motifs is 9. The molecule has 2 saturated carbocycles. The number of imide groups is 1. The molecule has 3 heterocycles. The van der Waals surface area contributed by atoms with Gasteiger partial charge in [0, 0.05) is 16.0 Å². The first-order chi connectivity index (χ1) is 18.3. The number of H-pyrrole nitrogens is 1. The van der Waals surface area contributed by atoms with Gasteiger partial charge in [0.15, 0.2) is 15.5 Å². The second kappa shape index (κ2) is 8.56. The average Bonchev–Trinajstić information content (AvgIpc) is 3.64. The number of anilines is 1. The highest BCUT2D eigenvalue weighted by molar-refractivity contribution is 8.00. The lowest BCUT2D eigenvalue weighted by atomic mass is 9.68. The molecule has 7 rings (SSSR count). The maximum atomic E-state index is 13.8. The zero-order valence-corrected chi connectivity index (χ0v) is 22.8. The van der Waals surface area contributed by atoms with Gasteiger partial charge in [-0.25, -0.2) is 4.39 Å². The van der Waals surface area contributed by atoms with Gasteiger partial charge in [-0.05, 0) is 78.4 Å². The number of aromatic nitrogens is 1. The van der Waals surface area contributed by atoms with Crippen LogP contribution in [0, 0.1) is 39.4 Å². The van der Waals surface area contributed by atoms with Gasteiger partial charge in [0.25, 0.3) is 0 Å². The van der Waals surface area contributed by atoms with E-state index in [-0.39, 0.29) is 52.4 Å². The van der Waals surface area contributed by atoms with Gasteiger partial charge in [0.2, 0.25) is 17.6 Å². The van der Waals surface area contributed by atoms with Crippen LogP contribution < -0.4 is 14.4 Å². The topological polar surface area (TPSA) is 91.9 Å². The van der Waals surface area contributed by atoms with Crippen molar-refractivity contribution in [3.8, 4) is 17.2 Å². The van der Waals surface area contributed by atoms with Gasteiger partial charge in [0.1, 0.15) is 5.82 Å². The van der Waals surface area contributed by atoms with Crippen molar-refractivity contribution >= 4 is 52.8 Å². The quantitative estimate of drug-likeness (QED) is 0.323. The number of aromatic hydroxyl groups is 1. The van der Waals surface area contributed by atoms with Crippen molar-refractivity contribution in [1.29, 1.82) is 0 Å². The number of methoxy groups -OCH3 is 2. The van der Waals surface area contributed by atoms with Gasteiger partial charge in [-0.2, -0.15) is 0 Å². The number of halogens is 1. The van der Waals surface area contributed by atoms with Crippen molar-refractivity contribution in [2.75, 3.05) is 19.1 Å². The Kier molecular flexibility index (Phi) is 5.44. The highest BCUT2D eigenvalue weighted by Gasteiger charge is 2.69. The molecule has 0 spiro atoms. The number of nitrogens with zero attached hydrogens (tertiary/aromatic N) is 1. The minimum atomic E-state index is -0.420. The number of phenolic OH excluding ortho intramolecular Hbond substituents is 1. The number of carbonyl (C=O) groups is 2. The fourth-order valence-corrected chi connectivity index (χ4v) is 10.7. The van der Waals surface area contributed by atoms with E-state index in [1.54, 1.807) is 11.8 Å². The largest absolute Gasteiger partial charge is 0.502 e. The van der Waals surface area contributed by atoms with Crippen molar-refractivity contribution in [2.45, 2.75) is 22.6 Å². The van der Waals surface area contributed by atoms with Gasteiger partial charge < -0.3 is 19.6 Å². The van der Waals surface area contributed by atoms with E-state index in [0.717, 1.165) is 21.9 Å². The van der Waals surface area contributed by atoms with E-state index >= 15 is 0 Å². The number of aromatic amines is 1. The lowest BCUT2D eigenvalue weighted by Crippen LogP contribution is -2.42. The number of benzene rings is 2. The number of hydrogen-bond donors (Lipinski definition) is 2. The Morgan fingerprint density at radius 1 is 1.05 bits per heavy atom. The number of phenols is 1. The molecule has 2 N–H and O–H groups in total. The second-order valence-electron chi connectivity index (χ2n) is 10.2. The molecule has 7 nitrogen and oxygen atoms in total. The average molecular weight is 571 g/mol. The van der Waals surface area contributed by atoms with Crippen LogP contribution in [0.15, 0.2) is 41.4 Å². The molecule has 196 valence electrons. The van der Waals surface area contributed by atoms with Crippen molar-refractivity contribution < 1.29 is 28.6 Å². The summed E-state index contributed by atoms with van der Waals surface area (Å²) in [5, 5.41) is 11.7. The van der Waals surface area contributed by atoms with E-state index < -0.39 is 11.7 Å². The summed E-state index contributed by atoms with van der Waals surface area (Å²) in [6.07, 6.45) is 0.797. The molecule has 38 heavy (non-hydrogen) atoms. The molecule has 7 unspecified atom stereocenters. The van der Waals surface area contributed by atoms with Crippen LogP contribution >= 0.6 is 35.3 Å². The Morgan fingerprint density at radius 3 is 2.32 bits per heavy atom. The summed E-state index contributed by atoms with van der Waals surface area (Å²) in [5.74, 6) is -1.08. The van der Waals surface area contributed by atoms with Gasteiger partial charge in [-0.1, -0.05) is 0 Å². The fraction of sp³-hybridized carbons (Fsp3) is 0.370. The number of thioether (sulfide) groups is 1. The predicted octanol–water partition coefficient (Wildman–Crippen LogP) is 5.35.